The summed E-state index contributed by atoms with van der Waals surface area (Å²) in [7, 11) is -3.15. The average Bonchev–Trinajstić information content (AvgIpc) is 2.86. The van der Waals surface area contributed by atoms with Gasteiger partial charge in [-0.3, -0.25) is 4.98 Å². The Balaban J connectivity index is 1.91. The fourth-order valence-electron chi connectivity index (χ4n) is 3.15. The van der Waals surface area contributed by atoms with Gasteiger partial charge < -0.3 is 4.52 Å². The van der Waals surface area contributed by atoms with Crippen molar-refractivity contribution in [2.75, 3.05) is 19.3 Å². The number of sulfonamides is 1. The number of aryl methyl sites for hydroxylation is 2. The molecule has 1 fully saturated rings. The van der Waals surface area contributed by atoms with Crippen molar-refractivity contribution in [3.05, 3.63) is 35.3 Å². The normalized spacial score (nSPS) is 19.9. The van der Waals surface area contributed by atoms with Crippen LogP contribution in [0.1, 0.15) is 35.9 Å². The van der Waals surface area contributed by atoms with Crippen LogP contribution in [0.4, 0.5) is 0 Å². The molecule has 2 aromatic rings. The minimum Gasteiger partial charge on any atom is -0.361 e. The summed E-state index contributed by atoms with van der Waals surface area (Å²) in [4.78, 5) is 4.76. The van der Waals surface area contributed by atoms with Gasteiger partial charge in [-0.25, -0.2) is 12.7 Å². The van der Waals surface area contributed by atoms with E-state index < -0.39 is 10.0 Å². The van der Waals surface area contributed by atoms with E-state index in [1.54, 1.807) is 4.31 Å². The highest BCUT2D eigenvalue weighted by Gasteiger charge is 2.28. The lowest BCUT2D eigenvalue weighted by atomic mass is 9.95. The third-order valence-corrected chi connectivity index (χ3v) is 5.60. The molecule has 0 bridgehead atoms. The fraction of sp³-hybridized carbons (Fsp3) is 0.500. The van der Waals surface area contributed by atoms with Gasteiger partial charge in [0.15, 0.2) is 0 Å². The van der Waals surface area contributed by atoms with Crippen molar-refractivity contribution in [1.29, 1.82) is 0 Å². The third kappa shape index (κ3) is 3.30. The smallest absolute Gasteiger partial charge is 0.211 e. The largest absolute Gasteiger partial charge is 0.361 e. The van der Waals surface area contributed by atoms with Crippen LogP contribution in [-0.4, -0.2) is 42.2 Å². The van der Waals surface area contributed by atoms with Crippen molar-refractivity contribution < 1.29 is 12.9 Å². The van der Waals surface area contributed by atoms with E-state index in [1.807, 2.05) is 32.0 Å². The van der Waals surface area contributed by atoms with Gasteiger partial charge in [-0.2, -0.15) is 0 Å². The molecule has 0 aromatic carbocycles. The topological polar surface area (TPSA) is 76.3 Å². The van der Waals surface area contributed by atoms with E-state index in [4.69, 9.17) is 9.51 Å². The van der Waals surface area contributed by atoms with Gasteiger partial charge in [-0.05, 0) is 38.8 Å². The number of pyridine rings is 1. The second-order valence-electron chi connectivity index (χ2n) is 6.11. The predicted octanol–water partition coefficient (Wildman–Crippen LogP) is 2.49. The highest BCUT2D eigenvalue weighted by atomic mass is 32.2. The zero-order chi connectivity index (χ0) is 16.6. The summed E-state index contributed by atoms with van der Waals surface area (Å²) >= 11 is 0. The van der Waals surface area contributed by atoms with Crippen molar-refractivity contribution >= 4 is 10.0 Å². The number of rotatable bonds is 3. The molecule has 1 atom stereocenters. The first-order valence-corrected chi connectivity index (χ1v) is 9.56. The highest BCUT2D eigenvalue weighted by Crippen LogP contribution is 2.30. The zero-order valence-corrected chi connectivity index (χ0v) is 14.4. The monoisotopic (exact) mass is 335 g/mol. The molecule has 1 saturated heterocycles. The summed E-state index contributed by atoms with van der Waals surface area (Å²) < 4.78 is 30.3. The Labute approximate surface area is 136 Å². The molecule has 1 aliphatic rings. The van der Waals surface area contributed by atoms with Crippen LogP contribution in [0.15, 0.2) is 22.7 Å². The number of nitrogens with zero attached hydrogens (tertiary/aromatic N) is 3. The second kappa shape index (κ2) is 6.05. The van der Waals surface area contributed by atoms with Gasteiger partial charge >= 0.3 is 0 Å². The van der Waals surface area contributed by atoms with Crippen molar-refractivity contribution in [2.45, 2.75) is 32.6 Å². The minimum absolute atomic E-state index is 0.124. The summed E-state index contributed by atoms with van der Waals surface area (Å²) in [5.74, 6) is 0.868. The molecule has 23 heavy (non-hydrogen) atoms. The van der Waals surface area contributed by atoms with Gasteiger partial charge in [0, 0.05) is 24.7 Å². The van der Waals surface area contributed by atoms with E-state index >= 15 is 0 Å². The van der Waals surface area contributed by atoms with Crippen LogP contribution in [0.5, 0.6) is 0 Å². The predicted molar refractivity (Wildman–Crippen MR) is 87.6 cm³/mol. The Morgan fingerprint density at radius 2 is 2.09 bits per heavy atom. The lowest BCUT2D eigenvalue weighted by Crippen LogP contribution is -2.38. The van der Waals surface area contributed by atoms with E-state index in [1.165, 1.54) is 6.26 Å². The van der Waals surface area contributed by atoms with E-state index in [9.17, 15) is 8.42 Å². The summed E-state index contributed by atoms with van der Waals surface area (Å²) in [5.41, 5.74) is 3.49. The molecule has 7 heteroatoms. The van der Waals surface area contributed by atoms with Gasteiger partial charge in [0.05, 0.1) is 23.2 Å². The van der Waals surface area contributed by atoms with Gasteiger partial charge in [0.2, 0.25) is 10.0 Å². The summed E-state index contributed by atoms with van der Waals surface area (Å²) in [5, 5.41) is 3.98. The van der Waals surface area contributed by atoms with Crippen LogP contribution < -0.4 is 0 Å². The second-order valence-corrected chi connectivity index (χ2v) is 8.09. The first-order chi connectivity index (χ1) is 10.9. The molecular weight excluding hydrogens is 314 g/mol. The van der Waals surface area contributed by atoms with E-state index in [0.29, 0.717) is 13.1 Å². The van der Waals surface area contributed by atoms with E-state index in [2.05, 4.69) is 5.16 Å². The zero-order valence-electron chi connectivity index (χ0n) is 13.6. The summed E-state index contributed by atoms with van der Waals surface area (Å²) in [6, 6.07) is 5.87. The molecule has 0 radical (unpaired) electrons. The van der Waals surface area contributed by atoms with Crippen LogP contribution in [0.25, 0.3) is 11.3 Å². The summed E-state index contributed by atoms with van der Waals surface area (Å²) in [6.07, 6.45) is 3.07. The lowest BCUT2D eigenvalue weighted by molar-refractivity contribution is 0.314. The molecule has 124 valence electrons. The molecule has 0 unspecified atom stereocenters. The molecule has 0 saturated carbocycles. The SMILES string of the molecule is Cc1noc(C)c1-c1cccc([C@H]2CCCN(S(C)(=O)=O)C2)n1. The highest BCUT2D eigenvalue weighted by molar-refractivity contribution is 7.88. The molecule has 6 nitrogen and oxygen atoms in total. The van der Waals surface area contributed by atoms with Crippen molar-refractivity contribution in [2.24, 2.45) is 0 Å². The molecule has 1 aliphatic heterocycles. The minimum atomic E-state index is -3.15. The fourth-order valence-corrected chi connectivity index (χ4v) is 4.06. The van der Waals surface area contributed by atoms with E-state index in [-0.39, 0.29) is 5.92 Å². The van der Waals surface area contributed by atoms with Crippen molar-refractivity contribution in [3.8, 4) is 11.3 Å². The number of hydrogen-bond acceptors (Lipinski definition) is 5. The van der Waals surface area contributed by atoms with Gasteiger partial charge in [0.25, 0.3) is 0 Å². The number of aromatic nitrogens is 2. The quantitative estimate of drug-likeness (QED) is 0.861. The molecule has 3 heterocycles. The maximum atomic E-state index is 11.8. The maximum absolute atomic E-state index is 11.8. The summed E-state index contributed by atoms with van der Waals surface area (Å²) in [6.45, 7) is 4.86. The number of piperidine rings is 1. The van der Waals surface area contributed by atoms with Crippen LogP contribution in [-0.2, 0) is 10.0 Å². The Kier molecular flexibility index (Phi) is 4.25. The first-order valence-electron chi connectivity index (χ1n) is 7.71. The average molecular weight is 335 g/mol. The molecule has 0 amide bonds. The Morgan fingerprint density at radius 3 is 2.74 bits per heavy atom. The van der Waals surface area contributed by atoms with Gasteiger partial charge in [-0.15, -0.1) is 0 Å². The van der Waals surface area contributed by atoms with Crippen LogP contribution >= 0.6 is 0 Å². The molecular formula is C16H21N3O3S. The first kappa shape index (κ1) is 16.1. The molecule has 2 aromatic heterocycles. The van der Waals surface area contributed by atoms with Gasteiger partial charge in [-0.1, -0.05) is 11.2 Å². The van der Waals surface area contributed by atoms with Crippen LogP contribution in [0.2, 0.25) is 0 Å². The van der Waals surface area contributed by atoms with E-state index in [0.717, 1.165) is 41.2 Å². The van der Waals surface area contributed by atoms with Crippen LogP contribution in [0, 0.1) is 13.8 Å². The van der Waals surface area contributed by atoms with Crippen LogP contribution in [0.3, 0.4) is 0 Å². The Bertz CT molecular complexity index is 794. The Morgan fingerprint density at radius 1 is 1.30 bits per heavy atom. The maximum Gasteiger partial charge on any atom is 0.211 e. The molecule has 3 rings (SSSR count). The third-order valence-electron chi connectivity index (χ3n) is 4.33. The van der Waals surface area contributed by atoms with Gasteiger partial charge in [0.1, 0.15) is 5.76 Å². The Hall–Kier alpha value is -1.73. The standard InChI is InChI=1S/C16H21N3O3S/c1-11-16(12(2)22-18-11)15-8-4-7-14(17-15)13-6-5-9-19(10-13)23(3,20)21/h4,7-8,13H,5-6,9-10H2,1-3H3/t13-/m0/s1. The molecule has 0 spiro atoms. The molecule has 0 aliphatic carbocycles. The van der Waals surface area contributed by atoms with Crippen molar-refractivity contribution in [3.63, 3.8) is 0 Å². The number of hydrogen-bond donors (Lipinski definition) is 0. The van der Waals surface area contributed by atoms with Crippen molar-refractivity contribution in [1.82, 2.24) is 14.4 Å². The lowest BCUT2D eigenvalue weighted by Gasteiger charge is -2.30. The molecule has 0 N–H and O–H groups in total.